The summed E-state index contributed by atoms with van der Waals surface area (Å²) in [5.74, 6) is -0.311. The molecule has 6 rings (SSSR count). The summed E-state index contributed by atoms with van der Waals surface area (Å²) in [4.78, 5) is 23.2. The Morgan fingerprint density at radius 2 is 1.45 bits per heavy atom. The molecule has 0 bridgehead atoms. The second-order valence-corrected chi connectivity index (χ2v) is 12.0. The molecule has 0 spiro atoms. The second kappa shape index (κ2) is 10.7. The minimum atomic E-state index is -4.11. The first-order chi connectivity index (χ1) is 19.4. The Labute approximate surface area is 239 Å². The van der Waals surface area contributed by atoms with Gasteiger partial charge in [0, 0.05) is 16.6 Å². The van der Waals surface area contributed by atoms with Gasteiger partial charge in [0.15, 0.2) is 5.65 Å². The number of nitrogens with one attached hydrogen (secondary N) is 1. The summed E-state index contributed by atoms with van der Waals surface area (Å²) >= 11 is 3.41. The Morgan fingerprint density at radius 1 is 0.800 bits per heavy atom. The van der Waals surface area contributed by atoms with Gasteiger partial charge in [0.05, 0.1) is 15.9 Å². The highest BCUT2D eigenvalue weighted by Crippen LogP contribution is 2.37. The first-order valence-electron chi connectivity index (χ1n) is 12.6. The van der Waals surface area contributed by atoms with Gasteiger partial charge in [0.2, 0.25) is 9.84 Å². The number of fused-ring (bicyclic) bond motifs is 2. The minimum absolute atomic E-state index is 0.0802. The normalized spacial score (nSPS) is 11.6. The van der Waals surface area contributed by atoms with E-state index < -0.39 is 15.7 Å². The zero-order valence-electron chi connectivity index (χ0n) is 21.2. The third-order valence-electron chi connectivity index (χ3n) is 6.62. The predicted octanol–water partition coefficient (Wildman–Crippen LogP) is 6.67. The molecule has 7 nitrogen and oxygen atoms in total. The van der Waals surface area contributed by atoms with Crippen molar-refractivity contribution in [3.63, 3.8) is 0 Å². The van der Waals surface area contributed by atoms with E-state index in [0.717, 1.165) is 10.0 Å². The first-order valence-corrected chi connectivity index (χ1v) is 14.9. The fraction of sp³-hybridized carbons (Fsp3) is 0.0645. The summed E-state index contributed by atoms with van der Waals surface area (Å²) in [6, 6.07) is 32.3. The lowest BCUT2D eigenvalue weighted by molar-refractivity contribution is 0.102. The quantitative estimate of drug-likeness (QED) is 0.218. The molecule has 0 fully saturated rings. The van der Waals surface area contributed by atoms with Crippen LogP contribution in [0.1, 0.15) is 15.9 Å². The number of benzene rings is 4. The van der Waals surface area contributed by atoms with E-state index in [1.54, 1.807) is 47.0 Å². The van der Waals surface area contributed by atoms with Crippen molar-refractivity contribution in [2.45, 2.75) is 22.8 Å². The van der Waals surface area contributed by atoms with Gasteiger partial charge in [0.1, 0.15) is 16.2 Å². The van der Waals surface area contributed by atoms with E-state index in [0.29, 0.717) is 35.2 Å². The molecule has 0 aliphatic rings. The molecule has 6 aromatic rings. The van der Waals surface area contributed by atoms with E-state index in [9.17, 15) is 13.2 Å². The molecule has 0 aliphatic heterocycles. The molecular formula is C31H23BrN4O3S. The van der Waals surface area contributed by atoms with Crippen molar-refractivity contribution in [2.24, 2.45) is 0 Å². The van der Waals surface area contributed by atoms with Crippen molar-refractivity contribution in [1.82, 2.24) is 14.5 Å². The lowest BCUT2D eigenvalue weighted by Crippen LogP contribution is -2.18. The number of carbonyl (C=O) groups is 1. The standard InChI is InChI=1S/C31H23BrN4O3S/c32-23-13-9-12-22(20-23)31(37)35-30-28(40(38,39)24-14-5-2-6-15-24)27-29(34-26-17-8-7-16-25(26)33-27)36(30)19-18-21-10-3-1-4-11-21/h1-17,20H,18-19H2,(H,35,37). The molecule has 0 radical (unpaired) electrons. The Bertz CT molecular complexity index is 1970. The van der Waals surface area contributed by atoms with Crippen LogP contribution in [-0.2, 0) is 22.8 Å². The molecular weight excluding hydrogens is 588 g/mol. The molecule has 2 aromatic heterocycles. The number of hydrogen-bond donors (Lipinski definition) is 1. The fourth-order valence-electron chi connectivity index (χ4n) is 4.68. The molecule has 0 saturated heterocycles. The van der Waals surface area contributed by atoms with Crippen LogP contribution < -0.4 is 5.32 Å². The summed E-state index contributed by atoms with van der Waals surface area (Å²) in [6.07, 6.45) is 0.587. The van der Waals surface area contributed by atoms with E-state index in [1.807, 2.05) is 54.6 Å². The zero-order valence-corrected chi connectivity index (χ0v) is 23.6. The van der Waals surface area contributed by atoms with Crippen molar-refractivity contribution in [3.05, 3.63) is 125 Å². The zero-order chi connectivity index (χ0) is 27.7. The summed E-state index contributed by atoms with van der Waals surface area (Å²) in [6.45, 7) is 0.367. The van der Waals surface area contributed by atoms with E-state index in [4.69, 9.17) is 9.97 Å². The van der Waals surface area contributed by atoms with Crippen LogP contribution in [0.4, 0.5) is 5.82 Å². The molecule has 4 aromatic carbocycles. The number of hydrogen-bond acceptors (Lipinski definition) is 5. The van der Waals surface area contributed by atoms with Crippen LogP contribution in [0.5, 0.6) is 0 Å². The van der Waals surface area contributed by atoms with Crippen molar-refractivity contribution < 1.29 is 13.2 Å². The smallest absolute Gasteiger partial charge is 0.256 e. The number of anilines is 1. The van der Waals surface area contributed by atoms with Gasteiger partial charge < -0.3 is 9.88 Å². The molecule has 0 aliphatic carbocycles. The maximum atomic E-state index is 14.2. The number of nitrogens with zero attached hydrogens (tertiary/aromatic N) is 3. The average Bonchev–Trinajstić information content (AvgIpc) is 3.27. The number of sulfone groups is 1. The number of para-hydroxylation sites is 2. The molecule has 0 saturated carbocycles. The van der Waals surface area contributed by atoms with Gasteiger partial charge in [0.25, 0.3) is 5.91 Å². The maximum Gasteiger partial charge on any atom is 0.256 e. The number of carbonyl (C=O) groups excluding carboxylic acids is 1. The highest BCUT2D eigenvalue weighted by Gasteiger charge is 2.32. The Morgan fingerprint density at radius 3 is 2.15 bits per heavy atom. The van der Waals surface area contributed by atoms with Crippen molar-refractivity contribution in [1.29, 1.82) is 0 Å². The Hall–Kier alpha value is -4.34. The van der Waals surface area contributed by atoms with E-state index >= 15 is 0 Å². The SMILES string of the molecule is O=C(Nc1c(S(=O)(=O)c2ccccc2)c2nc3ccccc3nc2n1CCc1ccccc1)c1cccc(Br)c1. The van der Waals surface area contributed by atoms with Gasteiger partial charge in [-0.2, -0.15) is 0 Å². The fourth-order valence-corrected chi connectivity index (χ4v) is 6.64. The van der Waals surface area contributed by atoms with Gasteiger partial charge in [-0.1, -0.05) is 82.7 Å². The molecule has 9 heteroatoms. The highest BCUT2D eigenvalue weighted by molar-refractivity contribution is 9.10. The van der Waals surface area contributed by atoms with Crippen molar-refractivity contribution >= 4 is 59.7 Å². The average molecular weight is 612 g/mol. The van der Waals surface area contributed by atoms with Crippen LogP contribution in [-0.4, -0.2) is 28.9 Å². The van der Waals surface area contributed by atoms with Crippen LogP contribution in [0, 0.1) is 0 Å². The molecule has 198 valence electrons. The molecule has 1 N–H and O–H groups in total. The van der Waals surface area contributed by atoms with Gasteiger partial charge >= 0.3 is 0 Å². The second-order valence-electron chi connectivity index (χ2n) is 9.23. The number of rotatable bonds is 7. The van der Waals surface area contributed by atoms with Gasteiger partial charge in [-0.15, -0.1) is 0 Å². The summed E-state index contributed by atoms with van der Waals surface area (Å²) < 4.78 is 30.9. The first kappa shape index (κ1) is 25.9. The van der Waals surface area contributed by atoms with Crippen LogP contribution in [0.15, 0.2) is 123 Å². The summed E-state index contributed by atoms with van der Waals surface area (Å²) in [5.41, 5.74) is 3.22. The minimum Gasteiger partial charge on any atom is -0.309 e. The summed E-state index contributed by atoms with van der Waals surface area (Å²) in [7, 11) is -4.11. The monoisotopic (exact) mass is 610 g/mol. The van der Waals surface area contributed by atoms with Crippen LogP contribution in [0.25, 0.3) is 22.2 Å². The van der Waals surface area contributed by atoms with Crippen molar-refractivity contribution in [2.75, 3.05) is 5.32 Å². The Kier molecular flexibility index (Phi) is 6.91. The van der Waals surface area contributed by atoms with E-state index in [1.165, 1.54) is 12.1 Å². The van der Waals surface area contributed by atoms with Crippen molar-refractivity contribution in [3.8, 4) is 0 Å². The molecule has 40 heavy (non-hydrogen) atoms. The molecule has 2 heterocycles. The lowest BCUT2D eigenvalue weighted by Gasteiger charge is -2.14. The van der Waals surface area contributed by atoms with E-state index in [2.05, 4.69) is 21.2 Å². The topological polar surface area (TPSA) is 93.9 Å². The number of halogens is 1. The highest BCUT2D eigenvalue weighted by atomic mass is 79.9. The van der Waals surface area contributed by atoms with Gasteiger partial charge in [-0.25, -0.2) is 18.4 Å². The third-order valence-corrected chi connectivity index (χ3v) is 8.93. The Balaban J connectivity index is 1.62. The molecule has 1 amide bonds. The maximum absolute atomic E-state index is 14.2. The van der Waals surface area contributed by atoms with Crippen LogP contribution in [0.3, 0.4) is 0 Å². The predicted molar refractivity (Wildman–Crippen MR) is 159 cm³/mol. The molecule has 0 unspecified atom stereocenters. The number of aryl methyl sites for hydroxylation is 2. The largest absolute Gasteiger partial charge is 0.309 e. The van der Waals surface area contributed by atoms with Gasteiger partial charge in [-0.3, -0.25) is 4.79 Å². The summed E-state index contributed by atoms with van der Waals surface area (Å²) in [5, 5.41) is 2.92. The number of aromatic nitrogens is 3. The van der Waals surface area contributed by atoms with E-state index in [-0.39, 0.29) is 21.1 Å². The molecule has 0 atom stereocenters. The lowest BCUT2D eigenvalue weighted by atomic mass is 10.1. The van der Waals surface area contributed by atoms with Gasteiger partial charge in [-0.05, 0) is 54.4 Å². The number of amides is 1. The van der Waals surface area contributed by atoms with Crippen LogP contribution in [0.2, 0.25) is 0 Å². The third kappa shape index (κ3) is 4.89. The van der Waals surface area contributed by atoms with Crippen LogP contribution >= 0.6 is 15.9 Å².